The van der Waals surface area contributed by atoms with E-state index in [9.17, 15) is 0 Å². The summed E-state index contributed by atoms with van der Waals surface area (Å²) in [4.78, 5) is 0. The predicted molar refractivity (Wildman–Crippen MR) is 104 cm³/mol. The Morgan fingerprint density at radius 2 is 1.35 bits per heavy atom. The van der Waals surface area contributed by atoms with E-state index in [1.165, 1.54) is 19.3 Å². The van der Waals surface area contributed by atoms with E-state index in [0.29, 0.717) is 12.2 Å². The molecule has 3 atom stereocenters. The molecule has 0 saturated carbocycles. The highest BCUT2D eigenvalue weighted by Gasteiger charge is 2.67. The van der Waals surface area contributed by atoms with E-state index in [1.807, 2.05) is 0 Å². The van der Waals surface area contributed by atoms with Gasteiger partial charge in [-0.3, -0.25) is 9.48 Å². The summed E-state index contributed by atoms with van der Waals surface area (Å²) in [6.07, 6.45) is 12.1. The third kappa shape index (κ3) is 2.36. The number of rotatable bonds is 4. The second kappa shape index (κ2) is 4.98. The van der Waals surface area contributed by atoms with Crippen LogP contribution in [0.3, 0.4) is 0 Å². The normalized spacial score (nSPS) is 32.8. The predicted octanol–water partition coefficient (Wildman–Crippen LogP) is 4.78. The molecule has 120 valence electrons. The monoisotopic (exact) mass is 348 g/mol. The van der Waals surface area contributed by atoms with Crippen LogP contribution >= 0.6 is 9.48 Å². The van der Waals surface area contributed by atoms with Crippen molar-refractivity contribution >= 4 is 30.9 Å². The SMILES string of the molecule is C[Si](C)(C)[Si](C1CC2CCC1O2)([Si](C)(C)C)S(C)(C)C. The van der Waals surface area contributed by atoms with Gasteiger partial charge in [0.2, 0.25) is 0 Å². The molecule has 2 fully saturated rings. The molecule has 5 heteroatoms. The lowest BCUT2D eigenvalue weighted by molar-refractivity contribution is 0.105. The van der Waals surface area contributed by atoms with Crippen molar-refractivity contribution in [3.8, 4) is 0 Å². The molecule has 2 heterocycles. The fourth-order valence-electron chi connectivity index (χ4n) is 6.59. The van der Waals surface area contributed by atoms with E-state index in [1.54, 1.807) is 0 Å². The van der Waals surface area contributed by atoms with Crippen LogP contribution in [0.15, 0.2) is 0 Å². The topological polar surface area (TPSA) is 9.23 Å². The van der Waals surface area contributed by atoms with Gasteiger partial charge in [-0.25, -0.2) is 0 Å². The van der Waals surface area contributed by atoms with Crippen molar-refractivity contribution in [2.75, 3.05) is 18.8 Å². The summed E-state index contributed by atoms with van der Waals surface area (Å²) in [7, 11) is -2.77. The van der Waals surface area contributed by atoms with Gasteiger partial charge in [-0.15, -0.1) is 0 Å². The maximum atomic E-state index is 6.37. The van der Waals surface area contributed by atoms with Crippen molar-refractivity contribution in [2.24, 2.45) is 0 Å². The third-order valence-corrected chi connectivity index (χ3v) is 71.7. The number of hydrogen-bond acceptors (Lipinski definition) is 1. The molecule has 0 aromatic carbocycles. The molecule has 20 heavy (non-hydrogen) atoms. The van der Waals surface area contributed by atoms with Gasteiger partial charge in [0.15, 0.2) is 0 Å². The molecule has 2 saturated heterocycles. The van der Waals surface area contributed by atoms with E-state index in [-0.39, 0.29) is 0 Å². The van der Waals surface area contributed by atoms with Crippen LogP contribution in [0.5, 0.6) is 0 Å². The van der Waals surface area contributed by atoms with Crippen LogP contribution in [-0.2, 0) is 4.74 Å². The van der Waals surface area contributed by atoms with Crippen molar-refractivity contribution < 1.29 is 4.74 Å². The van der Waals surface area contributed by atoms with E-state index < -0.39 is 30.9 Å². The molecule has 1 nitrogen and oxygen atoms in total. The Bertz CT molecular complexity index is 342. The molecule has 0 aliphatic carbocycles. The lowest BCUT2D eigenvalue weighted by atomic mass is 10.0. The molecule has 0 N–H and O–H groups in total. The van der Waals surface area contributed by atoms with Crippen LogP contribution in [0.25, 0.3) is 0 Å². The molecular weight excluding hydrogens is 312 g/mol. The minimum atomic E-state index is -1.28. The summed E-state index contributed by atoms with van der Waals surface area (Å²) in [5, 5.41) is 0. The lowest BCUT2D eigenvalue weighted by Crippen LogP contribution is -2.76. The van der Waals surface area contributed by atoms with E-state index in [2.05, 4.69) is 58.0 Å². The lowest BCUT2D eigenvalue weighted by Gasteiger charge is -2.64. The molecule has 0 aromatic rings. The van der Waals surface area contributed by atoms with Gasteiger partial charge in [0.1, 0.15) is 0 Å². The van der Waals surface area contributed by atoms with Gasteiger partial charge in [0.05, 0.1) is 18.5 Å². The van der Waals surface area contributed by atoms with Gasteiger partial charge < -0.3 is 4.74 Å². The van der Waals surface area contributed by atoms with Crippen molar-refractivity contribution in [2.45, 2.75) is 76.3 Å². The van der Waals surface area contributed by atoms with Crippen molar-refractivity contribution in [1.82, 2.24) is 0 Å². The zero-order chi connectivity index (χ0) is 15.6. The first-order valence-corrected chi connectivity index (χ1v) is 22.8. The van der Waals surface area contributed by atoms with Crippen LogP contribution in [0, 0.1) is 0 Å². The zero-order valence-corrected chi connectivity index (χ0v) is 19.0. The maximum Gasteiger partial charge on any atom is 0.0870 e. The zero-order valence-electron chi connectivity index (χ0n) is 15.2. The van der Waals surface area contributed by atoms with Gasteiger partial charge in [-0.1, -0.05) is 39.3 Å². The number of hydrogen-bond donors (Lipinski definition) is 0. The van der Waals surface area contributed by atoms with E-state index >= 15 is 0 Å². The summed E-state index contributed by atoms with van der Waals surface area (Å²) in [6.45, 7) is 16.3. The molecule has 2 aliphatic rings. The Labute approximate surface area is 130 Å². The Kier molecular flexibility index (Phi) is 4.31. The Morgan fingerprint density at radius 3 is 1.60 bits per heavy atom. The molecule has 0 radical (unpaired) electrons. The van der Waals surface area contributed by atoms with Crippen LogP contribution in [0.1, 0.15) is 19.3 Å². The van der Waals surface area contributed by atoms with Crippen LogP contribution < -0.4 is 0 Å². The molecule has 0 amide bonds. The minimum Gasteiger partial charge on any atom is -0.375 e. The number of ether oxygens (including phenoxy) is 1. The third-order valence-electron chi connectivity index (χ3n) is 5.82. The molecule has 3 unspecified atom stereocenters. The highest BCUT2D eigenvalue weighted by atomic mass is 32.5. The van der Waals surface area contributed by atoms with E-state index in [0.717, 1.165) is 5.54 Å². The van der Waals surface area contributed by atoms with Gasteiger partial charge in [-0.2, -0.15) is 0 Å². The highest BCUT2D eigenvalue weighted by Crippen LogP contribution is 2.65. The quantitative estimate of drug-likeness (QED) is 0.664. The van der Waals surface area contributed by atoms with Crippen molar-refractivity contribution in [3.05, 3.63) is 0 Å². The second-order valence-corrected chi connectivity index (χ2v) is 47.7. The number of fused-ring (bicyclic) bond motifs is 2. The minimum absolute atomic E-state index is 0.465. The first kappa shape index (κ1) is 17.3. The van der Waals surface area contributed by atoms with Crippen LogP contribution in [-0.4, -0.2) is 52.4 Å². The van der Waals surface area contributed by atoms with Gasteiger partial charge >= 0.3 is 0 Å². The van der Waals surface area contributed by atoms with Crippen LogP contribution in [0.2, 0.25) is 44.8 Å². The Morgan fingerprint density at radius 1 is 0.850 bits per heavy atom. The Hall–Kier alpha value is 0.961. The van der Waals surface area contributed by atoms with Gasteiger partial charge in [0.25, 0.3) is 0 Å². The Balaban J connectivity index is 2.59. The molecule has 0 spiro atoms. The summed E-state index contributed by atoms with van der Waals surface area (Å²) in [5.41, 5.74) is 0.995. The average Bonchev–Trinajstić information content (AvgIpc) is 2.71. The van der Waals surface area contributed by atoms with Crippen molar-refractivity contribution in [3.63, 3.8) is 0 Å². The summed E-state index contributed by atoms with van der Waals surface area (Å²) < 4.78 is 6.37. The van der Waals surface area contributed by atoms with Gasteiger partial charge in [0, 0.05) is 15.2 Å². The van der Waals surface area contributed by atoms with Crippen LogP contribution in [0.4, 0.5) is 0 Å². The maximum absolute atomic E-state index is 6.37. The molecule has 2 aliphatic heterocycles. The molecular formula is C15H36OSSi3. The highest BCUT2D eigenvalue weighted by molar-refractivity contribution is 8.64. The van der Waals surface area contributed by atoms with E-state index in [4.69, 9.17) is 4.74 Å². The first-order valence-electron chi connectivity index (χ1n) is 8.16. The fraction of sp³-hybridized carbons (Fsp3) is 1.00. The molecule has 2 rings (SSSR count). The smallest absolute Gasteiger partial charge is 0.0870 e. The molecule has 2 bridgehead atoms. The summed E-state index contributed by atoms with van der Waals surface area (Å²) in [5.74, 6) is 0. The van der Waals surface area contributed by atoms with Gasteiger partial charge in [-0.05, 0) is 43.6 Å². The second-order valence-electron chi connectivity index (χ2n) is 9.79. The molecule has 0 aromatic heterocycles. The van der Waals surface area contributed by atoms with Crippen molar-refractivity contribution in [1.29, 1.82) is 0 Å². The standard InChI is InChI=1S/C15H36OSSi3/c1-17(2,3)20(18(4,5)6,19(7,8)9)15-12-13-10-11-14(15)16-13/h13-15H,10-12H2,1-9H3. The summed E-state index contributed by atoms with van der Waals surface area (Å²) in [6, 6.07) is 0. The average molecular weight is 349 g/mol. The first-order chi connectivity index (χ1) is 8.82. The largest absolute Gasteiger partial charge is 0.375 e. The summed E-state index contributed by atoms with van der Waals surface area (Å²) >= 11 is 0. The fourth-order valence-corrected chi connectivity index (χ4v) is 100.